The molecular formula is C13H12N4O2S. The van der Waals surface area contributed by atoms with Crippen LogP contribution in [0, 0.1) is 18.3 Å². The average molecular weight is 288 g/mol. The molecule has 1 aromatic carbocycles. The maximum absolute atomic E-state index is 12.3. The highest BCUT2D eigenvalue weighted by atomic mass is 32.2. The Labute approximate surface area is 116 Å². The Hall–Kier alpha value is -2.59. The molecule has 0 atom stereocenters. The molecule has 0 aliphatic heterocycles. The van der Waals surface area contributed by atoms with E-state index in [1.165, 1.54) is 24.4 Å². The topological polar surface area (TPSA) is 109 Å². The summed E-state index contributed by atoms with van der Waals surface area (Å²) in [6.07, 6.45) is 1.50. The van der Waals surface area contributed by atoms with Gasteiger partial charge in [-0.1, -0.05) is 0 Å². The molecule has 0 unspecified atom stereocenters. The number of aryl methyl sites for hydroxylation is 1. The number of hydrogen-bond donors (Lipinski definition) is 2. The van der Waals surface area contributed by atoms with E-state index in [0.29, 0.717) is 5.69 Å². The molecule has 0 spiro atoms. The van der Waals surface area contributed by atoms with E-state index in [4.69, 9.17) is 11.0 Å². The van der Waals surface area contributed by atoms with Crippen LogP contribution in [0.1, 0.15) is 11.1 Å². The maximum Gasteiger partial charge on any atom is 0.264 e. The van der Waals surface area contributed by atoms with Crippen molar-refractivity contribution in [1.82, 2.24) is 4.98 Å². The molecule has 2 rings (SSSR count). The van der Waals surface area contributed by atoms with Gasteiger partial charge in [0.1, 0.15) is 16.8 Å². The van der Waals surface area contributed by atoms with Gasteiger partial charge in [-0.05, 0) is 42.8 Å². The highest BCUT2D eigenvalue weighted by molar-refractivity contribution is 7.92. The second kappa shape index (κ2) is 5.19. The zero-order valence-corrected chi connectivity index (χ0v) is 11.5. The molecule has 1 heterocycles. The molecule has 6 nitrogen and oxygen atoms in total. The van der Waals surface area contributed by atoms with Crippen LogP contribution in [0.15, 0.2) is 41.4 Å². The smallest absolute Gasteiger partial charge is 0.264 e. The van der Waals surface area contributed by atoms with E-state index in [9.17, 15) is 8.42 Å². The van der Waals surface area contributed by atoms with Gasteiger partial charge >= 0.3 is 0 Å². The fourth-order valence-electron chi connectivity index (χ4n) is 1.65. The molecule has 0 aliphatic rings. The van der Waals surface area contributed by atoms with Crippen LogP contribution in [0.25, 0.3) is 0 Å². The third kappa shape index (κ3) is 2.87. The van der Waals surface area contributed by atoms with Crippen molar-refractivity contribution in [2.75, 3.05) is 10.5 Å². The molecule has 0 radical (unpaired) electrons. The zero-order chi connectivity index (χ0) is 14.8. The lowest BCUT2D eigenvalue weighted by Gasteiger charge is -2.09. The molecule has 0 bridgehead atoms. The van der Waals surface area contributed by atoms with Gasteiger partial charge in [-0.3, -0.25) is 4.72 Å². The van der Waals surface area contributed by atoms with Crippen LogP contribution in [-0.2, 0) is 10.0 Å². The summed E-state index contributed by atoms with van der Waals surface area (Å²) in [5.74, 6) is 0.200. The Morgan fingerprint density at radius 3 is 2.70 bits per heavy atom. The quantitative estimate of drug-likeness (QED) is 0.834. The monoisotopic (exact) mass is 288 g/mol. The van der Waals surface area contributed by atoms with Gasteiger partial charge in [0.05, 0.1) is 5.56 Å². The average Bonchev–Trinajstić information content (AvgIpc) is 2.37. The predicted molar refractivity (Wildman–Crippen MR) is 75.4 cm³/mol. The van der Waals surface area contributed by atoms with E-state index in [2.05, 4.69) is 9.71 Å². The van der Waals surface area contributed by atoms with Crippen molar-refractivity contribution in [3.8, 4) is 6.07 Å². The highest BCUT2D eigenvalue weighted by Gasteiger charge is 2.19. The lowest BCUT2D eigenvalue weighted by Crippen LogP contribution is -2.15. The van der Waals surface area contributed by atoms with Gasteiger partial charge in [-0.25, -0.2) is 13.4 Å². The van der Waals surface area contributed by atoms with Gasteiger partial charge < -0.3 is 5.73 Å². The molecule has 3 N–H and O–H groups in total. The minimum absolute atomic E-state index is 0.00912. The number of nitriles is 1. The Morgan fingerprint density at radius 2 is 2.05 bits per heavy atom. The van der Waals surface area contributed by atoms with Crippen molar-refractivity contribution in [3.63, 3.8) is 0 Å². The number of nitrogen functional groups attached to an aromatic ring is 1. The largest absolute Gasteiger partial charge is 0.399 e. The summed E-state index contributed by atoms with van der Waals surface area (Å²) in [4.78, 5) is 3.80. The third-order valence-corrected chi connectivity index (χ3v) is 3.98. The van der Waals surface area contributed by atoms with Crippen LogP contribution in [0.4, 0.5) is 11.5 Å². The van der Waals surface area contributed by atoms with Gasteiger partial charge in [-0.15, -0.1) is 0 Å². The Kier molecular flexibility index (Phi) is 3.59. The van der Waals surface area contributed by atoms with Crippen LogP contribution in [0.5, 0.6) is 0 Å². The van der Waals surface area contributed by atoms with Crippen molar-refractivity contribution in [2.24, 2.45) is 0 Å². The first-order valence-electron chi connectivity index (χ1n) is 5.67. The third-order valence-electron chi connectivity index (χ3n) is 2.57. The summed E-state index contributed by atoms with van der Waals surface area (Å²) in [7, 11) is -3.88. The Balaban J connectivity index is 2.44. The number of nitrogens with one attached hydrogen (secondary N) is 1. The summed E-state index contributed by atoms with van der Waals surface area (Å²) < 4.78 is 26.9. The molecule has 7 heteroatoms. The molecule has 1 aromatic heterocycles. The van der Waals surface area contributed by atoms with E-state index in [1.807, 2.05) is 13.0 Å². The first kappa shape index (κ1) is 13.8. The fraction of sp³-hybridized carbons (Fsp3) is 0.0769. The Bertz CT molecular complexity index is 794. The number of sulfonamides is 1. The maximum atomic E-state index is 12.3. The molecule has 0 saturated heterocycles. The first-order chi connectivity index (χ1) is 9.42. The second-order valence-corrected chi connectivity index (χ2v) is 5.84. The van der Waals surface area contributed by atoms with Gasteiger partial charge in [0.25, 0.3) is 10.0 Å². The van der Waals surface area contributed by atoms with Crippen LogP contribution in [0.2, 0.25) is 0 Å². The standard InChI is InChI=1S/C13H12N4O2S/c1-9-4-5-16-13(6-9)17-20(18,19)12-3-2-11(15)7-10(12)8-14/h2-7H,15H2,1H3,(H,16,17). The van der Waals surface area contributed by atoms with E-state index in [1.54, 1.807) is 12.1 Å². The Morgan fingerprint density at radius 1 is 1.30 bits per heavy atom. The van der Waals surface area contributed by atoms with Crippen LogP contribution >= 0.6 is 0 Å². The number of rotatable bonds is 3. The van der Waals surface area contributed by atoms with E-state index < -0.39 is 10.0 Å². The molecule has 2 aromatic rings. The summed E-state index contributed by atoms with van der Waals surface area (Å²) in [6, 6.07) is 9.21. The number of nitrogens with two attached hydrogens (primary N) is 1. The summed E-state index contributed by atoms with van der Waals surface area (Å²) in [5, 5.41) is 9.00. The molecule has 102 valence electrons. The molecular weight excluding hydrogens is 276 g/mol. The van der Waals surface area contributed by atoms with Crippen molar-refractivity contribution in [3.05, 3.63) is 47.7 Å². The van der Waals surface area contributed by atoms with Crippen LogP contribution in [-0.4, -0.2) is 13.4 Å². The van der Waals surface area contributed by atoms with Crippen molar-refractivity contribution >= 4 is 21.5 Å². The molecule has 20 heavy (non-hydrogen) atoms. The zero-order valence-electron chi connectivity index (χ0n) is 10.7. The van der Waals surface area contributed by atoms with E-state index in [-0.39, 0.29) is 16.3 Å². The summed E-state index contributed by atoms with van der Waals surface area (Å²) >= 11 is 0. The van der Waals surface area contributed by atoms with E-state index >= 15 is 0 Å². The SMILES string of the molecule is Cc1ccnc(NS(=O)(=O)c2ccc(N)cc2C#N)c1. The molecule has 0 fully saturated rings. The second-order valence-electron chi connectivity index (χ2n) is 4.19. The molecule has 0 aliphatic carbocycles. The summed E-state index contributed by atoms with van der Waals surface area (Å²) in [5.41, 5.74) is 6.73. The lowest BCUT2D eigenvalue weighted by molar-refractivity contribution is 0.601. The van der Waals surface area contributed by atoms with Gasteiger partial charge in [0.15, 0.2) is 0 Å². The van der Waals surface area contributed by atoms with Gasteiger partial charge in [0, 0.05) is 11.9 Å². The number of aromatic nitrogens is 1. The van der Waals surface area contributed by atoms with Gasteiger partial charge in [0.2, 0.25) is 0 Å². The minimum Gasteiger partial charge on any atom is -0.399 e. The predicted octanol–water partition coefficient (Wildman–Crippen LogP) is 1.64. The van der Waals surface area contributed by atoms with Gasteiger partial charge in [-0.2, -0.15) is 5.26 Å². The number of anilines is 2. The number of hydrogen-bond acceptors (Lipinski definition) is 5. The van der Waals surface area contributed by atoms with Crippen LogP contribution < -0.4 is 10.5 Å². The van der Waals surface area contributed by atoms with Crippen LogP contribution in [0.3, 0.4) is 0 Å². The fourth-order valence-corrected chi connectivity index (χ4v) is 2.79. The lowest BCUT2D eigenvalue weighted by atomic mass is 10.2. The van der Waals surface area contributed by atoms with Crippen molar-refractivity contribution in [2.45, 2.75) is 11.8 Å². The highest BCUT2D eigenvalue weighted by Crippen LogP contribution is 2.20. The van der Waals surface area contributed by atoms with E-state index in [0.717, 1.165) is 5.56 Å². The number of benzene rings is 1. The first-order valence-corrected chi connectivity index (χ1v) is 7.16. The summed E-state index contributed by atoms with van der Waals surface area (Å²) in [6.45, 7) is 1.82. The number of nitrogens with zero attached hydrogens (tertiary/aromatic N) is 2. The minimum atomic E-state index is -3.88. The van der Waals surface area contributed by atoms with Crippen molar-refractivity contribution in [1.29, 1.82) is 5.26 Å². The normalized spacial score (nSPS) is 10.8. The van der Waals surface area contributed by atoms with Crippen molar-refractivity contribution < 1.29 is 8.42 Å². The number of pyridine rings is 1. The molecule has 0 saturated carbocycles. The molecule has 0 amide bonds.